The highest BCUT2D eigenvalue weighted by Crippen LogP contribution is 2.25. The number of anilines is 1. The molecule has 2 amide bonds. The molecule has 3 rings (SSSR count). The lowest BCUT2D eigenvalue weighted by molar-refractivity contribution is -0.132. The van der Waals surface area contributed by atoms with E-state index in [-0.39, 0.29) is 17.6 Å². The van der Waals surface area contributed by atoms with E-state index in [1.54, 1.807) is 15.6 Å². The molecule has 2 heterocycles. The number of hydrogen-bond acceptors (Lipinski definition) is 4. The Morgan fingerprint density at radius 1 is 1.15 bits per heavy atom. The molecule has 33 heavy (non-hydrogen) atoms. The molecule has 0 unspecified atom stereocenters. The van der Waals surface area contributed by atoms with Gasteiger partial charge in [-0.15, -0.1) is 0 Å². The molecule has 0 spiro atoms. The van der Waals surface area contributed by atoms with E-state index in [1.807, 2.05) is 25.1 Å². The van der Waals surface area contributed by atoms with Crippen molar-refractivity contribution in [2.24, 2.45) is 7.05 Å². The lowest BCUT2D eigenvalue weighted by Gasteiger charge is -2.30. The Bertz CT molecular complexity index is 987. The Kier molecular flexibility index (Phi) is 8.24. The maximum absolute atomic E-state index is 14.2. The van der Waals surface area contributed by atoms with E-state index >= 15 is 0 Å². The quantitative estimate of drug-likeness (QED) is 0.707. The normalized spacial score (nSPS) is 16.0. The van der Waals surface area contributed by atoms with Gasteiger partial charge in [0.25, 0.3) is 0 Å². The monoisotopic (exact) mass is 457 g/mol. The van der Waals surface area contributed by atoms with Gasteiger partial charge in [0, 0.05) is 65.4 Å². The fraction of sp³-hybridized carbons (Fsp3) is 0.560. The molecule has 0 bridgehead atoms. The highest BCUT2D eigenvalue weighted by molar-refractivity contribution is 5.92. The van der Waals surface area contributed by atoms with Crippen molar-refractivity contribution in [2.45, 2.75) is 59.5 Å². The minimum absolute atomic E-state index is 0.0471. The predicted octanol–water partition coefficient (Wildman–Crippen LogP) is 3.30. The van der Waals surface area contributed by atoms with Crippen LogP contribution in [0.25, 0.3) is 0 Å². The van der Waals surface area contributed by atoms with Gasteiger partial charge in [-0.3, -0.25) is 19.2 Å². The average molecular weight is 458 g/mol. The van der Waals surface area contributed by atoms with E-state index in [4.69, 9.17) is 0 Å². The van der Waals surface area contributed by atoms with Crippen LogP contribution in [0.2, 0.25) is 0 Å². The van der Waals surface area contributed by atoms with E-state index in [0.717, 1.165) is 36.3 Å². The first-order valence-corrected chi connectivity index (χ1v) is 11.7. The topological polar surface area (TPSA) is 61.7 Å². The number of aryl methyl sites for hydroxylation is 3. The summed E-state index contributed by atoms with van der Waals surface area (Å²) >= 11 is 0. The van der Waals surface area contributed by atoms with Gasteiger partial charge in [0.15, 0.2) is 0 Å². The minimum Gasteiger partial charge on any atom is -0.337 e. The van der Waals surface area contributed by atoms with Crippen molar-refractivity contribution >= 4 is 17.5 Å². The van der Waals surface area contributed by atoms with Crippen LogP contribution in [0.4, 0.5) is 10.1 Å². The summed E-state index contributed by atoms with van der Waals surface area (Å²) in [6.45, 7) is 10.8. The van der Waals surface area contributed by atoms with Crippen LogP contribution in [-0.4, -0.2) is 63.6 Å². The second-order valence-electron chi connectivity index (χ2n) is 9.16. The van der Waals surface area contributed by atoms with Gasteiger partial charge in [0.2, 0.25) is 11.8 Å². The summed E-state index contributed by atoms with van der Waals surface area (Å²) in [5.41, 5.74) is 3.35. The lowest BCUT2D eigenvalue weighted by atomic mass is 10.1. The summed E-state index contributed by atoms with van der Waals surface area (Å²) in [4.78, 5) is 31.6. The van der Waals surface area contributed by atoms with E-state index in [9.17, 15) is 14.0 Å². The molecule has 0 atom stereocenters. The zero-order valence-electron chi connectivity index (χ0n) is 20.5. The largest absolute Gasteiger partial charge is 0.337 e. The molecule has 1 aromatic heterocycles. The third-order valence-electron chi connectivity index (χ3n) is 6.37. The van der Waals surface area contributed by atoms with Gasteiger partial charge in [0.1, 0.15) is 5.82 Å². The SMILES string of the molecule is CC(=O)N1CCCN(C(C)C)CCN(C(=O)CCc2cn(C)nc2C)Cc2ccc(F)cc21. The third kappa shape index (κ3) is 6.41. The summed E-state index contributed by atoms with van der Waals surface area (Å²) in [7, 11) is 1.88. The van der Waals surface area contributed by atoms with Crippen molar-refractivity contribution in [1.29, 1.82) is 0 Å². The molecule has 0 N–H and O–H groups in total. The number of aromatic nitrogens is 2. The highest BCUT2D eigenvalue weighted by Gasteiger charge is 2.23. The number of halogens is 1. The van der Waals surface area contributed by atoms with Crippen molar-refractivity contribution in [3.63, 3.8) is 0 Å². The number of nitrogens with zero attached hydrogens (tertiary/aromatic N) is 5. The molecule has 8 heteroatoms. The standard InChI is InChI=1S/C25H36FN5O2/c1-18(2)29-11-6-12-31(20(4)32)24-15-23(26)9-7-22(24)17-30(14-13-29)25(33)10-8-21-16-28(5)27-19(21)3/h7,9,15-16,18H,6,8,10-14,17H2,1-5H3. The molecule has 0 fully saturated rings. The number of carbonyl (C=O) groups is 2. The zero-order valence-corrected chi connectivity index (χ0v) is 20.5. The lowest BCUT2D eigenvalue weighted by Crippen LogP contribution is -2.41. The number of hydrogen-bond donors (Lipinski definition) is 0. The van der Waals surface area contributed by atoms with E-state index < -0.39 is 0 Å². The summed E-state index contributed by atoms with van der Waals surface area (Å²) in [6.07, 6.45) is 3.74. The van der Waals surface area contributed by atoms with Crippen LogP contribution in [-0.2, 0) is 29.6 Å². The Labute approximate surface area is 196 Å². The molecule has 180 valence electrons. The Morgan fingerprint density at radius 2 is 1.91 bits per heavy atom. The van der Waals surface area contributed by atoms with Gasteiger partial charge < -0.3 is 9.80 Å². The van der Waals surface area contributed by atoms with Crippen LogP contribution >= 0.6 is 0 Å². The Morgan fingerprint density at radius 3 is 2.55 bits per heavy atom. The Balaban J connectivity index is 1.88. The molecule has 1 aliphatic rings. The fourth-order valence-corrected chi connectivity index (χ4v) is 4.47. The number of fused-ring (bicyclic) bond motifs is 1. The van der Waals surface area contributed by atoms with Crippen LogP contribution in [0.5, 0.6) is 0 Å². The Hall–Kier alpha value is -2.74. The summed E-state index contributed by atoms with van der Waals surface area (Å²) in [6, 6.07) is 4.84. The third-order valence-corrected chi connectivity index (χ3v) is 6.37. The van der Waals surface area contributed by atoms with Crippen molar-refractivity contribution in [2.75, 3.05) is 31.1 Å². The molecule has 1 aromatic carbocycles. The van der Waals surface area contributed by atoms with Gasteiger partial charge in [-0.1, -0.05) is 6.07 Å². The second-order valence-corrected chi connectivity index (χ2v) is 9.16. The molecule has 0 radical (unpaired) electrons. The first-order valence-electron chi connectivity index (χ1n) is 11.7. The summed E-state index contributed by atoms with van der Waals surface area (Å²) in [5, 5.41) is 4.37. The van der Waals surface area contributed by atoms with Crippen molar-refractivity contribution in [3.8, 4) is 0 Å². The highest BCUT2D eigenvalue weighted by atomic mass is 19.1. The molecular weight excluding hydrogens is 421 g/mol. The molecular formula is C25H36FN5O2. The van der Waals surface area contributed by atoms with Crippen molar-refractivity contribution < 1.29 is 14.0 Å². The zero-order chi connectivity index (χ0) is 24.1. The smallest absolute Gasteiger partial charge is 0.223 e. The van der Waals surface area contributed by atoms with Crippen LogP contribution in [0.3, 0.4) is 0 Å². The van der Waals surface area contributed by atoms with Crippen LogP contribution in [0.1, 0.15) is 50.4 Å². The number of benzene rings is 1. The van der Waals surface area contributed by atoms with Gasteiger partial charge in [-0.05, 0) is 56.9 Å². The molecule has 0 saturated carbocycles. The molecule has 0 saturated heterocycles. The van der Waals surface area contributed by atoms with Gasteiger partial charge >= 0.3 is 0 Å². The van der Waals surface area contributed by atoms with E-state index in [0.29, 0.717) is 44.2 Å². The predicted molar refractivity (Wildman–Crippen MR) is 127 cm³/mol. The maximum atomic E-state index is 14.2. The first-order chi connectivity index (χ1) is 15.7. The number of carbonyl (C=O) groups excluding carboxylic acids is 2. The second kappa shape index (κ2) is 10.9. The number of amides is 2. The van der Waals surface area contributed by atoms with E-state index in [2.05, 4.69) is 23.8 Å². The van der Waals surface area contributed by atoms with Gasteiger partial charge in [-0.2, -0.15) is 5.10 Å². The fourth-order valence-electron chi connectivity index (χ4n) is 4.47. The maximum Gasteiger partial charge on any atom is 0.223 e. The molecule has 2 aromatic rings. The molecule has 1 aliphatic heterocycles. The van der Waals surface area contributed by atoms with Gasteiger partial charge in [0.05, 0.1) is 11.4 Å². The van der Waals surface area contributed by atoms with E-state index in [1.165, 1.54) is 19.1 Å². The average Bonchev–Trinajstić information content (AvgIpc) is 3.05. The van der Waals surface area contributed by atoms with Crippen molar-refractivity contribution in [3.05, 3.63) is 47.0 Å². The van der Waals surface area contributed by atoms with Crippen LogP contribution in [0, 0.1) is 12.7 Å². The van der Waals surface area contributed by atoms with Crippen LogP contribution < -0.4 is 4.90 Å². The first kappa shape index (κ1) is 24.9. The van der Waals surface area contributed by atoms with Crippen LogP contribution in [0.15, 0.2) is 24.4 Å². The van der Waals surface area contributed by atoms with Gasteiger partial charge in [-0.25, -0.2) is 4.39 Å². The summed E-state index contributed by atoms with van der Waals surface area (Å²) < 4.78 is 15.9. The number of rotatable bonds is 4. The molecule has 0 aliphatic carbocycles. The molecule has 7 nitrogen and oxygen atoms in total. The minimum atomic E-state index is -0.386. The summed E-state index contributed by atoms with van der Waals surface area (Å²) in [5.74, 6) is -0.461. The van der Waals surface area contributed by atoms with Crippen molar-refractivity contribution in [1.82, 2.24) is 19.6 Å².